The maximum absolute atomic E-state index is 12.7. The Bertz CT molecular complexity index is 320. The molecule has 0 bridgehead atoms. The zero-order valence-electron chi connectivity index (χ0n) is 14.6. The van der Waals surface area contributed by atoms with Crippen molar-refractivity contribution >= 4 is 5.91 Å². The molecule has 128 valence electrons. The number of nitrogens with zero attached hydrogens (tertiary/aromatic N) is 2. The molecular weight excluding hydrogens is 274 g/mol. The van der Waals surface area contributed by atoms with Crippen molar-refractivity contribution < 1.29 is 4.79 Å². The van der Waals surface area contributed by atoms with Crippen LogP contribution in [-0.2, 0) is 4.79 Å². The number of rotatable bonds is 7. The third-order valence-corrected chi connectivity index (χ3v) is 5.43. The highest BCUT2D eigenvalue weighted by molar-refractivity contribution is 5.78. The SMILES string of the molecule is CCNCC1CCN(CC(=O)N(CC)C2CCCCC2)CC1. The van der Waals surface area contributed by atoms with E-state index in [9.17, 15) is 4.79 Å². The Hall–Kier alpha value is -0.610. The normalized spacial score (nSPS) is 21.9. The van der Waals surface area contributed by atoms with Gasteiger partial charge in [0.2, 0.25) is 5.91 Å². The van der Waals surface area contributed by atoms with Crippen molar-refractivity contribution in [2.45, 2.75) is 64.8 Å². The maximum atomic E-state index is 12.7. The number of likely N-dealkylation sites (tertiary alicyclic amines) is 1. The van der Waals surface area contributed by atoms with Crippen LogP contribution in [0.15, 0.2) is 0 Å². The van der Waals surface area contributed by atoms with E-state index in [4.69, 9.17) is 0 Å². The van der Waals surface area contributed by atoms with Crippen molar-refractivity contribution in [3.05, 3.63) is 0 Å². The third-order valence-electron chi connectivity index (χ3n) is 5.43. The molecule has 1 aliphatic heterocycles. The van der Waals surface area contributed by atoms with Gasteiger partial charge in [0.15, 0.2) is 0 Å². The zero-order chi connectivity index (χ0) is 15.8. The van der Waals surface area contributed by atoms with Gasteiger partial charge in [-0.2, -0.15) is 0 Å². The van der Waals surface area contributed by atoms with Crippen LogP contribution in [0.4, 0.5) is 0 Å². The molecule has 0 unspecified atom stereocenters. The van der Waals surface area contributed by atoms with Crippen LogP contribution in [0.3, 0.4) is 0 Å². The summed E-state index contributed by atoms with van der Waals surface area (Å²) in [6.45, 7) is 10.2. The van der Waals surface area contributed by atoms with Crippen LogP contribution in [0.1, 0.15) is 58.8 Å². The monoisotopic (exact) mass is 309 g/mol. The van der Waals surface area contributed by atoms with Crippen molar-refractivity contribution in [2.75, 3.05) is 39.3 Å². The van der Waals surface area contributed by atoms with Gasteiger partial charge in [0.25, 0.3) is 0 Å². The van der Waals surface area contributed by atoms with E-state index in [0.29, 0.717) is 18.5 Å². The minimum Gasteiger partial charge on any atom is -0.339 e. The lowest BCUT2D eigenvalue weighted by molar-refractivity contribution is -0.135. The molecule has 0 aromatic rings. The number of amides is 1. The Morgan fingerprint density at radius 2 is 1.77 bits per heavy atom. The van der Waals surface area contributed by atoms with E-state index in [1.807, 2.05) is 0 Å². The fourth-order valence-electron chi connectivity index (χ4n) is 4.01. The summed E-state index contributed by atoms with van der Waals surface area (Å²) < 4.78 is 0. The maximum Gasteiger partial charge on any atom is 0.236 e. The van der Waals surface area contributed by atoms with E-state index in [2.05, 4.69) is 29.0 Å². The number of piperidine rings is 1. The van der Waals surface area contributed by atoms with Crippen LogP contribution in [-0.4, -0.2) is 61.0 Å². The minimum atomic E-state index is 0.361. The van der Waals surface area contributed by atoms with Gasteiger partial charge in [-0.1, -0.05) is 26.2 Å². The molecule has 2 aliphatic rings. The van der Waals surface area contributed by atoms with E-state index < -0.39 is 0 Å². The molecule has 4 heteroatoms. The van der Waals surface area contributed by atoms with Gasteiger partial charge in [-0.05, 0) is 64.7 Å². The topological polar surface area (TPSA) is 35.6 Å². The average molecular weight is 309 g/mol. The molecule has 0 aromatic carbocycles. The van der Waals surface area contributed by atoms with E-state index in [1.165, 1.54) is 44.9 Å². The molecule has 0 aromatic heterocycles. The highest BCUT2D eigenvalue weighted by Gasteiger charge is 2.27. The number of carbonyl (C=O) groups is 1. The summed E-state index contributed by atoms with van der Waals surface area (Å²) in [4.78, 5) is 17.2. The summed E-state index contributed by atoms with van der Waals surface area (Å²) in [7, 11) is 0. The Labute approximate surface area is 136 Å². The van der Waals surface area contributed by atoms with Gasteiger partial charge in [0.05, 0.1) is 6.54 Å². The summed E-state index contributed by atoms with van der Waals surface area (Å²) in [6, 6.07) is 0.512. The minimum absolute atomic E-state index is 0.361. The molecule has 0 atom stereocenters. The molecule has 0 spiro atoms. The molecule has 2 rings (SSSR count). The van der Waals surface area contributed by atoms with Gasteiger partial charge < -0.3 is 10.2 Å². The van der Waals surface area contributed by atoms with Crippen LogP contribution < -0.4 is 5.32 Å². The molecule has 1 N–H and O–H groups in total. The van der Waals surface area contributed by atoms with E-state index in [-0.39, 0.29) is 0 Å². The van der Waals surface area contributed by atoms with Gasteiger partial charge in [-0.3, -0.25) is 9.69 Å². The second-order valence-corrected chi connectivity index (χ2v) is 7.00. The first-order valence-electron chi connectivity index (χ1n) is 9.47. The number of nitrogens with one attached hydrogen (secondary N) is 1. The van der Waals surface area contributed by atoms with Crippen molar-refractivity contribution in [3.63, 3.8) is 0 Å². The Morgan fingerprint density at radius 1 is 1.09 bits per heavy atom. The van der Waals surface area contributed by atoms with Gasteiger partial charge in [-0.15, -0.1) is 0 Å². The van der Waals surface area contributed by atoms with Crippen LogP contribution in [0.25, 0.3) is 0 Å². The number of likely N-dealkylation sites (N-methyl/N-ethyl adjacent to an activating group) is 1. The Morgan fingerprint density at radius 3 is 2.36 bits per heavy atom. The first-order chi connectivity index (χ1) is 10.7. The molecule has 1 amide bonds. The number of hydrogen-bond acceptors (Lipinski definition) is 3. The predicted molar refractivity (Wildman–Crippen MR) is 92.0 cm³/mol. The lowest BCUT2D eigenvalue weighted by Gasteiger charge is -2.37. The van der Waals surface area contributed by atoms with Crippen molar-refractivity contribution in [3.8, 4) is 0 Å². The van der Waals surface area contributed by atoms with Crippen molar-refractivity contribution in [2.24, 2.45) is 5.92 Å². The average Bonchev–Trinajstić information content (AvgIpc) is 2.56. The van der Waals surface area contributed by atoms with Crippen molar-refractivity contribution in [1.82, 2.24) is 15.1 Å². The molecule has 1 heterocycles. The first kappa shape index (κ1) is 17.7. The molecular formula is C18H35N3O. The fraction of sp³-hybridized carbons (Fsp3) is 0.944. The van der Waals surface area contributed by atoms with Gasteiger partial charge >= 0.3 is 0 Å². The van der Waals surface area contributed by atoms with E-state index in [0.717, 1.165) is 38.6 Å². The molecule has 1 saturated carbocycles. The van der Waals surface area contributed by atoms with E-state index >= 15 is 0 Å². The second kappa shape index (κ2) is 9.51. The van der Waals surface area contributed by atoms with Gasteiger partial charge in [0.1, 0.15) is 0 Å². The fourth-order valence-corrected chi connectivity index (χ4v) is 4.01. The number of carbonyl (C=O) groups excluding carboxylic acids is 1. The highest BCUT2D eigenvalue weighted by atomic mass is 16.2. The standard InChI is InChI=1S/C18H35N3O/c1-3-19-14-16-10-12-20(13-11-16)15-18(22)21(4-2)17-8-6-5-7-9-17/h16-17,19H,3-15H2,1-2H3. The second-order valence-electron chi connectivity index (χ2n) is 7.00. The van der Waals surface area contributed by atoms with Crippen LogP contribution in [0.5, 0.6) is 0 Å². The molecule has 2 fully saturated rings. The summed E-state index contributed by atoms with van der Waals surface area (Å²) in [5.41, 5.74) is 0. The summed E-state index contributed by atoms with van der Waals surface area (Å²) >= 11 is 0. The van der Waals surface area contributed by atoms with Gasteiger partial charge in [0, 0.05) is 12.6 Å². The highest BCUT2D eigenvalue weighted by Crippen LogP contribution is 2.23. The summed E-state index contributed by atoms with van der Waals surface area (Å²) in [6.07, 6.45) is 8.83. The zero-order valence-corrected chi connectivity index (χ0v) is 14.6. The van der Waals surface area contributed by atoms with Crippen LogP contribution in [0, 0.1) is 5.92 Å². The number of hydrogen-bond donors (Lipinski definition) is 1. The summed E-state index contributed by atoms with van der Waals surface area (Å²) in [5.74, 6) is 1.16. The lowest BCUT2D eigenvalue weighted by Crippen LogP contribution is -2.48. The Balaban J connectivity index is 1.74. The van der Waals surface area contributed by atoms with Gasteiger partial charge in [-0.25, -0.2) is 0 Å². The van der Waals surface area contributed by atoms with Crippen LogP contribution >= 0.6 is 0 Å². The largest absolute Gasteiger partial charge is 0.339 e. The molecule has 0 radical (unpaired) electrons. The first-order valence-corrected chi connectivity index (χ1v) is 9.47. The van der Waals surface area contributed by atoms with Crippen molar-refractivity contribution in [1.29, 1.82) is 0 Å². The molecule has 22 heavy (non-hydrogen) atoms. The molecule has 1 aliphatic carbocycles. The molecule has 1 saturated heterocycles. The molecule has 4 nitrogen and oxygen atoms in total. The van der Waals surface area contributed by atoms with E-state index in [1.54, 1.807) is 0 Å². The van der Waals surface area contributed by atoms with Crippen LogP contribution in [0.2, 0.25) is 0 Å². The smallest absolute Gasteiger partial charge is 0.236 e. The lowest BCUT2D eigenvalue weighted by atomic mass is 9.94. The predicted octanol–water partition coefficient (Wildman–Crippen LogP) is 2.49. The Kier molecular flexibility index (Phi) is 7.67. The summed E-state index contributed by atoms with van der Waals surface area (Å²) in [5, 5.41) is 3.45. The third kappa shape index (κ3) is 5.24. The quantitative estimate of drug-likeness (QED) is 0.785.